The number of cyclic esters (lactones) is 1. The van der Waals surface area contributed by atoms with Crippen LogP contribution in [0.15, 0.2) is 6.07 Å². The first-order valence-corrected chi connectivity index (χ1v) is 5.91. The van der Waals surface area contributed by atoms with Crippen LogP contribution in [0.2, 0.25) is 0 Å². The van der Waals surface area contributed by atoms with Crippen molar-refractivity contribution in [1.82, 2.24) is 14.7 Å². The molecule has 1 saturated heterocycles. The van der Waals surface area contributed by atoms with Crippen LogP contribution >= 0.6 is 0 Å². The Morgan fingerprint density at radius 3 is 2.53 bits per heavy atom. The number of rotatable bonds is 2. The molecule has 2 atom stereocenters. The Balaban J connectivity index is 2.30. The Kier molecular flexibility index (Phi) is 2.85. The third-order valence-corrected chi connectivity index (χ3v) is 3.20. The molecule has 0 radical (unpaired) electrons. The number of carbonyl (C=O) groups is 1. The van der Waals surface area contributed by atoms with Crippen molar-refractivity contribution in [3.63, 3.8) is 0 Å². The van der Waals surface area contributed by atoms with Crippen molar-refractivity contribution in [1.29, 1.82) is 0 Å². The highest BCUT2D eigenvalue weighted by molar-refractivity contribution is 5.71. The molecule has 1 aliphatic heterocycles. The summed E-state index contributed by atoms with van der Waals surface area (Å²) in [4.78, 5) is 13.6. The van der Waals surface area contributed by atoms with Crippen molar-refractivity contribution in [3.05, 3.63) is 17.5 Å². The van der Waals surface area contributed by atoms with Gasteiger partial charge in [0.15, 0.2) is 6.10 Å². The van der Waals surface area contributed by atoms with Gasteiger partial charge in [-0.1, -0.05) is 0 Å². The molecule has 0 N–H and O–H groups in total. The van der Waals surface area contributed by atoms with E-state index in [2.05, 4.69) is 5.10 Å². The van der Waals surface area contributed by atoms with E-state index in [4.69, 9.17) is 4.74 Å². The molecular formula is C12H19N3O2. The average molecular weight is 237 g/mol. The molecule has 1 amide bonds. The fourth-order valence-corrected chi connectivity index (χ4v) is 2.47. The lowest BCUT2D eigenvalue weighted by Crippen LogP contribution is -2.37. The number of aromatic nitrogens is 2. The van der Waals surface area contributed by atoms with Crippen molar-refractivity contribution >= 4 is 6.09 Å². The minimum atomic E-state index is -0.239. The summed E-state index contributed by atoms with van der Waals surface area (Å²) in [6.45, 7) is 7.94. The van der Waals surface area contributed by atoms with E-state index < -0.39 is 0 Å². The van der Waals surface area contributed by atoms with Gasteiger partial charge in [0.25, 0.3) is 0 Å². The molecule has 1 aromatic rings. The molecule has 94 valence electrons. The van der Waals surface area contributed by atoms with Crippen LogP contribution in [-0.2, 0) is 11.8 Å². The summed E-state index contributed by atoms with van der Waals surface area (Å²) in [5.41, 5.74) is 1.89. The molecule has 0 aromatic carbocycles. The number of nitrogens with zero attached hydrogens (tertiary/aromatic N) is 3. The van der Waals surface area contributed by atoms with Gasteiger partial charge >= 0.3 is 6.09 Å². The first-order chi connectivity index (χ1) is 7.91. The van der Waals surface area contributed by atoms with Crippen molar-refractivity contribution < 1.29 is 9.53 Å². The number of hydrogen-bond donors (Lipinski definition) is 0. The van der Waals surface area contributed by atoms with Gasteiger partial charge in [0.05, 0.1) is 17.4 Å². The van der Waals surface area contributed by atoms with Crippen LogP contribution in [0.3, 0.4) is 0 Å². The van der Waals surface area contributed by atoms with E-state index in [-0.39, 0.29) is 24.3 Å². The maximum Gasteiger partial charge on any atom is 0.411 e. The molecule has 2 unspecified atom stereocenters. The Morgan fingerprint density at radius 1 is 1.47 bits per heavy atom. The third kappa shape index (κ3) is 1.90. The van der Waals surface area contributed by atoms with Gasteiger partial charge in [-0.15, -0.1) is 0 Å². The lowest BCUT2D eigenvalue weighted by Gasteiger charge is -2.24. The zero-order valence-electron chi connectivity index (χ0n) is 11.0. The van der Waals surface area contributed by atoms with Gasteiger partial charge in [-0.05, 0) is 33.8 Å². The number of carbonyl (C=O) groups excluding carboxylic acids is 1. The zero-order chi connectivity index (χ0) is 12.7. The van der Waals surface area contributed by atoms with Gasteiger partial charge < -0.3 is 4.74 Å². The van der Waals surface area contributed by atoms with Gasteiger partial charge in [-0.3, -0.25) is 9.58 Å². The third-order valence-electron chi connectivity index (χ3n) is 3.20. The molecule has 1 fully saturated rings. The zero-order valence-corrected chi connectivity index (χ0v) is 11.0. The molecule has 5 nitrogen and oxygen atoms in total. The summed E-state index contributed by atoms with van der Waals surface area (Å²) in [6, 6.07) is 2.16. The minimum Gasteiger partial charge on any atom is -0.437 e. The number of ether oxygens (including phenoxy) is 1. The van der Waals surface area contributed by atoms with Crippen molar-refractivity contribution in [2.45, 2.75) is 45.9 Å². The van der Waals surface area contributed by atoms with E-state index in [9.17, 15) is 4.79 Å². The molecule has 1 aromatic heterocycles. The van der Waals surface area contributed by atoms with Crippen molar-refractivity contribution in [3.8, 4) is 0 Å². The van der Waals surface area contributed by atoms with Gasteiger partial charge in [0, 0.05) is 13.1 Å². The second kappa shape index (κ2) is 4.05. The number of hydrogen-bond acceptors (Lipinski definition) is 3. The Bertz CT molecular complexity index is 439. The molecular weight excluding hydrogens is 218 g/mol. The molecule has 1 aliphatic rings. The van der Waals surface area contributed by atoms with E-state index in [1.165, 1.54) is 0 Å². The number of amides is 1. The average Bonchev–Trinajstić information content (AvgIpc) is 2.67. The summed E-state index contributed by atoms with van der Waals surface area (Å²) in [6.07, 6.45) is -0.465. The monoisotopic (exact) mass is 237 g/mol. The van der Waals surface area contributed by atoms with Crippen LogP contribution in [0, 0.1) is 6.92 Å². The molecule has 0 aliphatic carbocycles. The SMILES string of the molecule is Cc1cc(C2OC(=O)N(C(C)C)C2C)n(C)n1. The Hall–Kier alpha value is -1.52. The molecule has 0 spiro atoms. The fourth-order valence-electron chi connectivity index (χ4n) is 2.47. The summed E-state index contributed by atoms with van der Waals surface area (Å²) >= 11 is 0. The van der Waals surface area contributed by atoms with E-state index in [0.29, 0.717) is 0 Å². The Labute approximate surface area is 101 Å². The summed E-state index contributed by atoms with van der Waals surface area (Å²) in [7, 11) is 1.88. The van der Waals surface area contributed by atoms with Gasteiger partial charge in [-0.2, -0.15) is 5.10 Å². The highest BCUT2D eigenvalue weighted by Crippen LogP contribution is 2.33. The fraction of sp³-hybridized carbons (Fsp3) is 0.667. The van der Waals surface area contributed by atoms with Crippen LogP contribution in [0.5, 0.6) is 0 Å². The summed E-state index contributed by atoms with van der Waals surface area (Å²) in [5.74, 6) is 0. The lowest BCUT2D eigenvalue weighted by molar-refractivity contribution is 0.125. The van der Waals surface area contributed by atoms with Crippen LogP contribution in [-0.4, -0.2) is 32.9 Å². The van der Waals surface area contributed by atoms with Crippen molar-refractivity contribution in [2.75, 3.05) is 0 Å². The van der Waals surface area contributed by atoms with Crippen molar-refractivity contribution in [2.24, 2.45) is 7.05 Å². The molecule has 2 heterocycles. The first kappa shape index (κ1) is 12.0. The standard InChI is InChI=1S/C12H19N3O2/c1-7(2)15-9(4)11(17-12(15)16)10-6-8(3)13-14(10)5/h6-7,9,11H,1-5H3. The molecule has 17 heavy (non-hydrogen) atoms. The van der Waals surface area contributed by atoms with Crippen LogP contribution in [0.4, 0.5) is 4.79 Å². The van der Waals surface area contributed by atoms with E-state index in [1.807, 2.05) is 40.8 Å². The minimum absolute atomic E-state index is 0.0392. The van der Waals surface area contributed by atoms with E-state index in [0.717, 1.165) is 11.4 Å². The van der Waals surface area contributed by atoms with E-state index >= 15 is 0 Å². The first-order valence-electron chi connectivity index (χ1n) is 5.91. The second-order valence-electron chi connectivity index (χ2n) is 4.88. The molecule has 5 heteroatoms. The van der Waals surface area contributed by atoms with Gasteiger partial charge in [0.2, 0.25) is 0 Å². The topological polar surface area (TPSA) is 47.4 Å². The van der Waals surface area contributed by atoms with Crippen LogP contribution in [0.1, 0.15) is 38.3 Å². The maximum absolute atomic E-state index is 11.8. The molecule has 0 bridgehead atoms. The highest BCUT2D eigenvalue weighted by atomic mass is 16.6. The summed E-state index contributed by atoms with van der Waals surface area (Å²) in [5, 5.41) is 4.29. The molecule has 0 saturated carbocycles. The normalized spacial score (nSPS) is 24.6. The molecule has 2 rings (SSSR count). The highest BCUT2D eigenvalue weighted by Gasteiger charge is 2.42. The Morgan fingerprint density at radius 2 is 2.12 bits per heavy atom. The largest absolute Gasteiger partial charge is 0.437 e. The predicted octanol–water partition coefficient (Wildman–Crippen LogP) is 2.02. The smallest absolute Gasteiger partial charge is 0.411 e. The quantitative estimate of drug-likeness (QED) is 0.790. The second-order valence-corrected chi connectivity index (χ2v) is 4.88. The van der Waals surface area contributed by atoms with Gasteiger partial charge in [0.1, 0.15) is 0 Å². The summed E-state index contributed by atoms with van der Waals surface area (Å²) < 4.78 is 7.24. The van der Waals surface area contributed by atoms with Crippen LogP contribution < -0.4 is 0 Å². The maximum atomic E-state index is 11.8. The predicted molar refractivity (Wildman–Crippen MR) is 63.6 cm³/mol. The van der Waals surface area contributed by atoms with Gasteiger partial charge in [-0.25, -0.2) is 4.79 Å². The van der Waals surface area contributed by atoms with Crippen LogP contribution in [0.25, 0.3) is 0 Å². The lowest BCUT2D eigenvalue weighted by atomic mass is 10.1. The van der Waals surface area contributed by atoms with E-state index in [1.54, 1.807) is 9.58 Å². The number of aryl methyl sites for hydroxylation is 2.